The summed E-state index contributed by atoms with van der Waals surface area (Å²) in [5, 5.41) is 13.2. The van der Waals surface area contributed by atoms with E-state index in [4.69, 9.17) is 6.42 Å². The summed E-state index contributed by atoms with van der Waals surface area (Å²) in [6, 6.07) is 5.58. The van der Waals surface area contributed by atoms with Gasteiger partial charge in [-0.3, -0.25) is 10.2 Å². The summed E-state index contributed by atoms with van der Waals surface area (Å²) >= 11 is 0. The van der Waals surface area contributed by atoms with E-state index in [0.29, 0.717) is 19.5 Å². The molecule has 1 fully saturated rings. The maximum absolute atomic E-state index is 13.0. The highest BCUT2D eigenvalue weighted by molar-refractivity contribution is 5.83. The standard InChI is InChI=1S/C21H32N4O2/c1-7-15-8-9-16(14(2)10-15)12-23-24-18-11-17(26)13-25(18)20(27)19(22-6)21(3,4)5/h1,8-10,17-19,22-24,26H,11-13H2,2-6H3/t17-,18+,19-/m1/s1. The van der Waals surface area contributed by atoms with E-state index < -0.39 is 6.10 Å². The molecule has 4 N–H and O–H groups in total. The molecule has 0 spiro atoms. The highest BCUT2D eigenvalue weighted by atomic mass is 16.3. The van der Waals surface area contributed by atoms with Gasteiger partial charge in [-0.1, -0.05) is 32.8 Å². The maximum atomic E-state index is 13.0. The first kappa shape index (κ1) is 21.4. The van der Waals surface area contributed by atoms with E-state index in [1.165, 1.54) is 0 Å². The minimum Gasteiger partial charge on any atom is -0.391 e. The zero-order valence-electron chi connectivity index (χ0n) is 17.0. The highest BCUT2D eigenvalue weighted by Gasteiger charge is 2.40. The number of nitrogens with zero attached hydrogens (tertiary/aromatic N) is 1. The number of hydrogen-bond acceptors (Lipinski definition) is 5. The Morgan fingerprint density at radius 3 is 2.70 bits per heavy atom. The number of aryl methyl sites for hydroxylation is 1. The van der Waals surface area contributed by atoms with E-state index in [-0.39, 0.29) is 23.5 Å². The van der Waals surface area contributed by atoms with Crippen LogP contribution in [0.3, 0.4) is 0 Å². The monoisotopic (exact) mass is 372 g/mol. The molecular formula is C21H32N4O2. The first-order valence-electron chi connectivity index (χ1n) is 9.37. The molecule has 0 aromatic heterocycles. The third kappa shape index (κ3) is 5.30. The summed E-state index contributed by atoms with van der Waals surface area (Å²) in [4.78, 5) is 14.7. The Hall–Kier alpha value is -1.91. The van der Waals surface area contributed by atoms with Crippen molar-refractivity contribution in [1.82, 2.24) is 21.1 Å². The minimum absolute atomic E-state index is 0.00426. The van der Waals surface area contributed by atoms with Crippen molar-refractivity contribution in [3.05, 3.63) is 34.9 Å². The zero-order valence-corrected chi connectivity index (χ0v) is 17.0. The number of carbonyl (C=O) groups excluding carboxylic acids is 1. The molecule has 1 aromatic carbocycles. The van der Waals surface area contributed by atoms with Gasteiger partial charge in [0, 0.05) is 25.1 Å². The van der Waals surface area contributed by atoms with Crippen LogP contribution in [0.25, 0.3) is 0 Å². The molecule has 1 aliphatic heterocycles. The third-order valence-electron chi connectivity index (χ3n) is 5.02. The molecule has 0 radical (unpaired) electrons. The second-order valence-electron chi connectivity index (χ2n) is 8.27. The van der Waals surface area contributed by atoms with Gasteiger partial charge in [-0.2, -0.15) is 0 Å². The second-order valence-corrected chi connectivity index (χ2v) is 8.27. The first-order chi connectivity index (χ1) is 12.7. The minimum atomic E-state index is -0.526. The van der Waals surface area contributed by atoms with Crippen molar-refractivity contribution in [3.63, 3.8) is 0 Å². The van der Waals surface area contributed by atoms with Gasteiger partial charge in [0.1, 0.15) is 0 Å². The molecule has 0 aliphatic carbocycles. The van der Waals surface area contributed by atoms with Gasteiger partial charge in [0.15, 0.2) is 0 Å². The van der Waals surface area contributed by atoms with Crippen LogP contribution in [0.5, 0.6) is 0 Å². The van der Waals surface area contributed by atoms with Crippen LogP contribution in [0, 0.1) is 24.7 Å². The van der Waals surface area contributed by atoms with Crippen LogP contribution in [-0.4, -0.2) is 47.8 Å². The SMILES string of the molecule is C#Cc1ccc(CNN[C@@H]2C[C@@H](O)CN2C(=O)[C@@H](NC)C(C)(C)C)c(C)c1. The van der Waals surface area contributed by atoms with Gasteiger partial charge in [-0.25, -0.2) is 5.43 Å². The number of β-amino-alcohol motifs (C(OH)–C–C–N with tert-alkyl or cyclic N) is 1. The molecule has 6 nitrogen and oxygen atoms in total. The lowest BCUT2D eigenvalue weighted by Crippen LogP contribution is -2.57. The molecule has 1 saturated heterocycles. The smallest absolute Gasteiger partial charge is 0.241 e. The third-order valence-corrected chi connectivity index (χ3v) is 5.02. The van der Waals surface area contributed by atoms with Crippen LogP contribution >= 0.6 is 0 Å². The highest BCUT2D eigenvalue weighted by Crippen LogP contribution is 2.24. The fourth-order valence-electron chi connectivity index (χ4n) is 3.53. The van der Waals surface area contributed by atoms with E-state index in [2.05, 4.69) is 22.1 Å². The van der Waals surface area contributed by atoms with Crippen molar-refractivity contribution in [2.75, 3.05) is 13.6 Å². The fourth-order valence-corrected chi connectivity index (χ4v) is 3.53. The molecule has 0 bridgehead atoms. The topological polar surface area (TPSA) is 76.6 Å². The molecule has 0 saturated carbocycles. The summed E-state index contributed by atoms with van der Waals surface area (Å²) in [5.74, 6) is 2.63. The van der Waals surface area contributed by atoms with Crippen LogP contribution < -0.4 is 16.2 Å². The van der Waals surface area contributed by atoms with Crippen LogP contribution in [0.1, 0.15) is 43.9 Å². The number of benzene rings is 1. The van der Waals surface area contributed by atoms with E-state index in [1.54, 1.807) is 11.9 Å². The summed E-state index contributed by atoms with van der Waals surface area (Å²) in [6.45, 7) is 9.04. The molecule has 0 unspecified atom stereocenters. The molecule has 1 heterocycles. The Morgan fingerprint density at radius 1 is 1.44 bits per heavy atom. The van der Waals surface area contributed by atoms with Gasteiger partial charge in [-0.15, -0.1) is 6.42 Å². The van der Waals surface area contributed by atoms with Crippen molar-refractivity contribution in [1.29, 1.82) is 0 Å². The van der Waals surface area contributed by atoms with Crippen molar-refractivity contribution in [2.24, 2.45) is 5.41 Å². The lowest BCUT2D eigenvalue weighted by Gasteiger charge is -2.35. The number of amides is 1. The molecule has 27 heavy (non-hydrogen) atoms. The second kappa shape index (κ2) is 8.85. The van der Waals surface area contributed by atoms with Crippen molar-refractivity contribution >= 4 is 5.91 Å². The van der Waals surface area contributed by atoms with E-state index in [1.807, 2.05) is 45.9 Å². The molecule has 148 valence electrons. The number of terminal acetylenes is 1. The number of hydrazine groups is 1. The summed E-state index contributed by atoms with van der Waals surface area (Å²) in [7, 11) is 1.80. The number of hydrogen-bond donors (Lipinski definition) is 4. The number of aliphatic hydroxyl groups excluding tert-OH is 1. The summed E-state index contributed by atoms with van der Waals surface area (Å²) in [6.07, 6.45) is 5.15. The predicted octanol–water partition coefficient (Wildman–Crippen LogP) is 1.12. The molecular weight excluding hydrogens is 340 g/mol. The lowest BCUT2D eigenvalue weighted by atomic mass is 9.86. The number of aliphatic hydroxyl groups is 1. The van der Waals surface area contributed by atoms with Crippen LogP contribution in [-0.2, 0) is 11.3 Å². The molecule has 2 rings (SSSR count). The maximum Gasteiger partial charge on any atom is 0.241 e. The zero-order chi connectivity index (χ0) is 20.2. The van der Waals surface area contributed by atoms with Gasteiger partial charge in [0.05, 0.1) is 18.3 Å². The molecule has 6 heteroatoms. The lowest BCUT2D eigenvalue weighted by molar-refractivity contribution is -0.137. The molecule has 3 atom stereocenters. The Labute approximate surface area is 162 Å². The van der Waals surface area contributed by atoms with Gasteiger partial charge >= 0.3 is 0 Å². The molecule has 1 amide bonds. The number of likely N-dealkylation sites (tertiary alicyclic amines) is 1. The Morgan fingerprint density at radius 2 is 2.15 bits per heavy atom. The van der Waals surface area contributed by atoms with Gasteiger partial charge in [0.2, 0.25) is 5.91 Å². The van der Waals surface area contributed by atoms with E-state index in [9.17, 15) is 9.90 Å². The van der Waals surface area contributed by atoms with Crippen LogP contribution in [0.2, 0.25) is 0 Å². The number of rotatable bonds is 6. The number of likely N-dealkylation sites (N-methyl/N-ethyl adjacent to an activating group) is 1. The first-order valence-corrected chi connectivity index (χ1v) is 9.37. The average molecular weight is 373 g/mol. The van der Waals surface area contributed by atoms with Crippen molar-refractivity contribution in [3.8, 4) is 12.3 Å². The van der Waals surface area contributed by atoms with Crippen molar-refractivity contribution in [2.45, 2.75) is 59.0 Å². The van der Waals surface area contributed by atoms with Gasteiger partial charge in [-0.05, 0) is 42.6 Å². The predicted molar refractivity (Wildman–Crippen MR) is 108 cm³/mol. The largest absolute Gasteiger partial charge is 0.391 e. The Balaban J connectivity index is 2.00. The summed E-state index contributed by atoms with van der Waals surface area (Å²) < 4.78 is 0. The molecule has 1 aliphatic rings. The average Bonchev–Trinajstić information content (AvgIpc) is 2.96. The number of carbonyl (C=O) groups is 1. The quantitative estimate of drug-likeness (QED) is 0.445. The molecule has 1 aromatic rings. The van der Waals surface area contributed by atoms with Crippen LogP contribution in [0.4, 0.5) is 0 Å². The Kier molecular flexibility index (Phi) is 7.01. The van der Waals surface area contributed by atoms with Gasteiger partial charge in [0.25, 0.3) is 0 Å². The Bertz CT molecular complexity index is 705. The van der Waals surface area contributed by atoms with Crippen LogP contribution in [0.15, 0.2) is 18.2 Å². The summed E-state index contributed by atoms with van der Waals surface area (Å²) in [5.41, 5.74) is 9.29. The number of nitrogens with one attached hydrogen (secondary N) is 3. The van der Waals surface area contributed by atoms with Crippen molar-refractivity contribution < 1.29 is 9.90 Å². The van der Waals surface area contributed by atoms with E-state index >= 15 is 0 Å². The fraction of sp³-hybridized carbons (Fsp3) is 0.571. The van der Waals surface area contributed by atoms with E-state index in [0.717, 1.165) is 16.7 Å². The normalized spacial score (nSPS) is 21.1. The van der Waals surface area contributed by atoms with Gasteiger partial charge < -0.3 is 15.3 Å².